The first-order valence-corrected chi connectivity index (χ1v) is 10.9. The average Bonchev–Trinajstić information content (AvgIpc) is 3.45. The van der Waals surface area contributed by atoms with E-state index in [1.165, 1.54) is 64.7 Å². The van der Waals surface area contributed by atoms with Crippen molar-refractivity contribution < 1.29 is 4.57 Å². The fourth-order valence-electron chi connectivity index (χ4n) is 4.52. The van der Waals surface area contributed by atoms with E-state index in [2.05, 4.69) is 99.8 Å². The molecule has 1 fully saturated rings. The summed E-state index contributed by atoms with van der Waals surface area (Å²) in [6, 6.07) is 19.4. The minimum Gasteiger partial charge on any atom is -0.383 e. The van der Waals surface area contributed by atoms with E-state index in [9.17, 15) is 0 Å². The van der Waals surface area contributed by atoms with Crippen LogP contribution in [0, 0.1) is 0 Å². The molecule has 0 unspecified atom stereocenters. The zero-order valence-corrected chi connectivity index (χ0v) is 17.6. The standard InChI is InChI=1S/C26H28N4/c1-29-21(13-12-20-19-28-24-10-4-2-8-22(20)24)18-25(23-9-3-5-11-26(23)29)27-14-17-30-15-6-7-16-30/h2-5,8-13,18-19H,6-7,14-17H2,1H3,(H,27,28)/p+1. The third-order valence-corrected chi connectivity index (χ3v) is 6.23. The highest BCUT2D eigenvalue weighted by Gasteiger charge is 2.15. The first kappa shape index (κ1) is 18.9. The van der Waals surface area contributed by atoms with Gasteiger partial charge in [-0.3, -0.25) is 0 Å². The van der Waals surface area contributed by atoms with Gasteiger partial charge in [-0.05, 0) is 49.7 Å². The topological polar surface area (TPSA) is 34.9 Å². The van der Waals surface area contributed by atoms with E-state index in [4.69, 9.17) is 0 Å². The molecule has 0 aliphatic carbocycles. The van der Waals surface area contributed by atoms with Crippen molar-refractivity contribution in [3.8, 4) is 0 Å². The fourth-order valence-corrected chi connectivity index (χ4v) is 4.52. The van der Waals surface area contributed by atoms with E-state index in [-0.39, 0.29) is 0 Å². The second-order valence-corrected chi connectivity index (χ2v) is 8.16. The Kier molecular flexibility index (Phi) is 5.24. The second kappa shape index (κ2) is 8.33. The van der Waals surface area contributed by atoms with Gasteiger partial charge >= 0.3 is 0 Å². The maximum Gasteiger partial charge on any atom is 0.214 e. The maximum absolute atomic E-state index is 3.71. The van der Waals surface area contributed by atoms with Crippen molar-refractivity contribution in [3.63, 3.8) is 0 Å². The first-order valence-electron chi connectivity index (χ1n) is 10.9. The summed E-state index contributed by atoms with van der Waals surface area (Å²) in [6.07, 6.45) is 9.18. The van der Waals surface area contributed by atoms with Gasteiger partial charge < -0.3 is 15.2 Å². The Balaban J connectivity index is 1.46. The highest BCUT2D eigenvalue weighted by atomic mass is 15.1. The molecule has 1 aliphatic rings. The van der Waals surface area contributed by atoms with Gasteiger partial charge in [-0.1, -0.05) is 30.3 Å². The molecular formula is C26H29N4+. The largest absolute Gasteiger partial charge is 0.383 e. The lowest BCUT2D eigenvalue weighted by molar-refractivity contribution is -0.646. The van der Waals surface area contributed by atoms with E-state index in [0.717, 1.165) is 13.1 Å². The summed E-state index contributed by atoms with van der Waals surface area (Å²) in [6.45, 7) is 4.56. The molecule has 2 N–H and O–H groups in total. The number of rotatable bonds is 6. The molecule has 2 aromatic carbocycles. The van der Waals surface area contributed by atoms with Crippen LogP contribution < -0.4 is 9.88 Å². The van der Waals surface area contributed by atoms with Crippen molar-refractivity contribution in [1.29, 1.82) is 0 Å². The number of hydrogen-bond donors (Lipinski definition) is 2. The van der Waals surface area contributed by atoms with Crippen LogP contribution in [0.15, 0.2) is 60.8 Å². The van der Waals surface area contributed by atoms with Crippen molar-refractivity contribution in [2.24, 2.45) is 7.05 Å². The summed E-state index contributed by atoms with van der Waals surface area (Å²) in [5.74, 6) is 0. The van der Waals surface area contributed by atoms with E-state index < -0.39 is 0 Å². The van der Waals surface area contributed by atoms with Gasteiger partial charge in [-0.15, -0.1) is 0 Å². The normalized spacial score (nSPS) is 15.0. The van der Waals surface area contributed by atoms with Gasteiger partial charge in [-0.2, -0.15) is 4.57 Å². The number of nitrogens with one attached hydrogen (secondary N) is 2. The van der Waals surface area contributed by atoms with Crippen LogP contribution in [0.5, 0.6) is 0 Å². The molecule has 0 atom stereocenters. The molecule has 3 heterocycles. The van der Waals surface area contributed by atoms with E-state index >= 15 is 0 Å². The maximum atomic E-state index is 3.71. The number of benzene rings is 2. The van der Waals surface area contributed by atoms with Gasteiger partial charge in [0.25, 0.3) is 0 Å². The van der Waals surface area contributed by atoms with Gasteiger partial charge in [0.2, 0.25) is 11.2 Å². The van der Waals surface area contributed by atoms with Gasteiger partial charge in [0.15, 0.2) is 0 Å². The molecule has 1 aliphatic heterocycles. The molecule has 0 spiro atoms. The number of para-hydroxylation sites is 2. The van der Waals surface area contributed by atoms with Gasteiger partial charge in [0.05, 0.1) is 11.1 Å². The van der Waals surface area contributed by atoms with Crippen molar-refractivity contribution in [2.45, 2.75) is 12.8 Å². The molecule has 0 bridgehead atoms. The van der Waals surface area contributed by atoms with E-state index in [1.54, 1.807) is 0 Å². The fraction of sp³-hybridized carbons (Fsp3) is 0.269. The lowest BCUT2D eigenvalue weighted by Crippen LogP contribution is -2.33. The van der Waals surface area contributed by atoms with Crippen LogP contribution in [-0.4, -0.2) is 36.1 Å². The summed E-state index contributed by atoms with van der Waals surface area (Å²) in [7, 11) is 2.14. The molecule has 0 amide bonds. The number of fused-ring (bicyclic) bond motifs is 2. The van der Waals surface area contributed by atoms with Crippen molar-refractivity contribution in [1.82, 2.24) is 9.88 Å². The lowest BCUT2D eigenvalue weighted by Gasteiger charge is -2.16. The number of aromatic nitrogens is 2. The molecule has 0 radical (unpaired) electrons. The quantitative estimate of drug-likeness (QED) is 0.457. The van der Waals surface area contributed by atoms with Crippen LogP contribution in [0.3, 0.4) is 0 Å². The van der Waals surface area contributed by atoms with Crippen LogP contribution in [0.4, 0.5) is 5.69 Å². The average molecular weight is 398 g/mol. The Morgan fingerprint density at radius 1 is 1.00 bits per heavy atom. The van der Waals surface area contributed by atoms with Crippen LogP contribution in [0.2, 0.25) is 0 Å². The Morgan fingerprint density at radius 3 is 2.63 bits per heavy atom. The number of H-pyrrole nitrogens is 1. The number of anilines is 1. The van der Waals surface area contributed by atoms with Crippen molar-refractivity contribution >= 4 is 39.6 Å². The molecule has 0 saturated carbocycles. The third kappa shape index (κ3) is 3.71. The Bertz CT molecular complexity index is 1200. The van der Waals surface area contributed by atoms with Crippen molar-refractivity contribution in [2.75, 3.05) is 31.5 Å². The molecular weight excluding hydrogens is 368 g/mol. The molecule has 4 heteroatoms. The van der Waals surface area contributed by atoms with E-state index in [1.807, 2.05) is 0 Å². The van der Waals surface area contributed by atoms with E-state index in [0.29, 0.717) is 0 Å². The highest BCUT2D eigenvalue weighted by Crippen LogP contribution is 2.24. The zero-order valence-electron chi connectivity index (χ0n) is 17.6. The first-order chi connectivity index (χ1) is 14.8. The van der Waals surface area contributed by atoms with Crippen LogP contribution in [0.25, 0.3) is 34.0 Å². The summed E-state index contributed by atoms with van der Waals surface area (Å²) < 4.78 is 2.27. The molecule has 30 heavy (non-hydrogen) atoms. The smallest absolute Gasteiger partial charge is 0.214 e. The Labute approximate surface area is 177 Å². The molecule has 4 aromatic rings. The molecule has 4 nitrogen and oxygen atoms in total. The third-order valence-electron chi connectivity index (χ3n) is 6.23. The summed E-state index contributed by atoms with van der Waals surface area (Å²) in [5.41, 5.74) is 6.01. The van der Waals surface area contributed by atoms with Gasteiger partial charge in [0, 0.05) is 48.4 Å². The Morgan fingerprint density at radius 2 is 1.77 bits per heavy atom. The minimum absolute atomic E-state index is 0.976. The predicted octanol–water partition coefficient (Wildman–Crippen LogP) is 4.82. The Hall–Kier alpha value is -3.11. The monoisotopic (exact) mass is 397 g/mol. The zero-order chi connectivity index (χ0) is 20.3. The SMILES string of the molecule is C[n+]1c(/C=C/c2c[nH]c3ccccc23)cc(NCCN2CCCC2)c2ccccc21. The highest BCUT2D eigenvalue weighted by molar-refractivity contribution is 5.93. The minimum atomic E-state index is 0.976. The molecule has 2 aromatic heterocycles. The predicted molar refractivity (Wildman–Crippen MR) is 127 cm³/mol. The number of pyridine rings is 1. The second-order valence-electron chi connectivity index (χ2n) is 8.16. The number of nitrogens with zero attached hydrogens (tertiary/aromatic N) is 2. The molecule has 5 rings (SSSR count). The summed E-state index contributed by atoms with van der Waals surface area (Å²) in [4.78, 5) is 5.91. The summed E-state index contributed by atoms with van der Waals surface area (Å²) in [5, 5.41) is 6.23. The van der Waals surface area contributed by atoms with Crippen LogP contribution >= 0.6 is 0 Å². The van der Waals surface area contributed by atoms with Crippen molar-refractivity contribution in [3.05, 3.63) is 72.1 Å². The van der Waals surface area contributed by atoms with Crippen LogP contribution in [-0.2, 0) is 7.05 Å². The number of hydrogen-bond acceptors (Lipinski definition) is 2. The van der Waals surface area contributed by atoms with Gasteiger partial charge in [0.1, 0.15) is 7.05 Å². The lowest BCUT2D eigenvalue weighted by atomic mass is 10.1. The number of likely N-dealkylation sites (tertiary alicyclic amines) is 1. The van der Waals surface area contributed by atoms with Gasteiger partial charge in [-0.25, -0.2) is 0 Å². The molecule has 152 valence electrons. The van der Waals surface area contributed by atoms with Crippen LogP contribution in [0.1, 0.15) is 24.1 Å². The molecule has 1 saturated heterocycles. The number of aryl methyl sites for hydroxylation is 1. The number of aromatic amines is 1. The summed E-state index contributed by atoms with van der Waals surface area (Å²) >= 11 is 0.